The highest BCUT2D eigenvalue weighted by molar-refractivity contribution is 6.33. The van der Waals surface area contributed by atoms with E-state index in [9.17, 15) is 4.79 Å². The highest BCUT2D eigenvalue weighted by Crippen LogP contribution is 2.31. The van der Waals surface area contributed by atoms with Gasteiger partial charge in [0.25, 0.3) is 5.56 Å². The molecule has 41 heavy (non-hydrogen) atoms. The molecule has 1 aliphatic rings. The zero-order valence-electron chi connectivity index (χ0n) is 23.3. The number of anilines is 3. The summed E-state index contributed by atoms with van der Waals surface area (Å²) in [7, 11) is 0. The molecule has 1 fully saturated rings. The lowest BCUT2D eigenvalue weighted by atomic mass is 10.0. The summed E-state index contributed by atoms with van der Waals surface area (Å²) in [5.41, 5.74) is 4.26. The van der Waals surface area contributed by atoms with Crippen LogP contribution in [0.15, 0.2) is 64.0 Å². The Morgan fingerprint density at radius 2 is 1.73 bits per heavy atom. The molecule has 1 N–H and O–H groups in total. The maximum Gasteiger partial charge on any atom is 0.260 e. The monoisotopic (exact) mass is 570 g/mol. The Labute approximate surface area is 242 Å². The molecule has 0 unspecified atom stereocenters. The molecule has 1 saturated heterocycles. The van der Waals surface area contributed by atoms with Crippen molar-refractivity contribution < 1.29 is 4.52 Å². The van der Waals surface area contributed by atoms with Crippen molar-refractivity contribution >= 4 is 40.0 Å². The molecule has 11 heteroatoms. The normalized spacial score (nSPS) is 14.1. The fourth-order valence-electron chi connectivity index (χ4n) is 5.20. The van der Waals surface area contributed by atoms with Gasteiger partial charge in [-0.3, -0.25) is 9.36 Å². The van der Waals surface area contributed by atoms with E-state index in [1.54, 1.807) is 35.9 Å². The van der Waals surface area contributed by atoms with Gasteiger partial charge >= 0.3 is 0 Å². The number of aryl methyl sites for hydroxylation is 2. The zero-order chi connectivity index (χ0) is 28.5. The van der Waals surface area contributed by atoms with Gasteiger partial charge < -0.3 is 19.6 Å². The second-order valence-corrected chi connectivity index (χ2v) is 10.4. The van der Waals surface area contributed by atoms with Gasteiger partial charge in [-0.1, -0.05) is 35.8 Å². The number of halogens is 1. The van der Waals surface area contributed by atoms with Gasteiger partial charge in [0, 0.05) is 84.3 Å². The number of likely N-dealkylation sites (N-methyl/N-ethyl adjacent to an activating group) is 1. The Hall–Kier alpha value is -4.28. The van der Waals surface area contributed by atoms with Crippen LogP contribution in [0.5, 0.6) is 0 Å². The highest BCUT2D eigenvalue weighted by atomic mass is 35.5. The molecule has 0 amide bonds. The number of rotatable bonds is 7. The first-order valence-electron chi connectivity index (χ1n) is 13.8. The minimum Gasteiger partial charge on any atom is -0.369 e. The first-order chi connectivity index (χ1) is 19.9. The van der Waals surface area contributed by atoms with Gasteiger partial charge in [-0.2, -0.15) is 9.97 Å². The maximum absolute atomic E-state index is 13.6. The van der Waals surface area contributed by atoms with Crippen LogP contribution >= 0.6 is 11.6 Å². The third-order valence-corrected chi connectivity index (χ3v) is 7.81. The van der Waals surface area contributed by atoms with Crippen molar-refractivity contribution in [1.82, 2.24) is 29.6 Å². The number of nitrogens with one attached hydrogen (secondary N) is 1. The van der Waals surface area contributed by atoms with Gasteiger partial charge in [-0.25, -0.2) is 4.98 Å². The highest BCUT2D eigenvalue weighted by Gasteiger charge is 2.18. The Morgan fingerprint density at radius 3 is 2.39 bits per heavy atom. The van der Waals surface area contributed by atoms with Gasteiger partial charge in [-0.05, 0) is 49.9 Å². The van der Waals surface area contributed by atoms with Gasteiger partial charge in [0.2, 0.25) is 17.7 Å². The summed E-state index contributed by atoms with van der Waals surface area (Å²) in [5, 5.41) is 8.39. The summed E-state index contributed by atoms with van der Waals surface area (Å²) in [6, 6.07) is 15.5. The van der Waals surface area contributed by atoms with E-state index < -0.39 is 0 Å². The van der Waals surface area contributed by atoms with Crippen molar-refractivity contribution in [3.05, 3.63) is 76.0 Å². The molecule has 0 radical (unpaired) electrons. The average molecular weight is 571 g/mol. The number of hydrogen-bond acceptors (Lipinski definition) is 9. The van der Waals surface area contributed by atoms with E-state index in [0.29, 0.717) is 51.6 Å². The van der Waals surface area contributed by atoms with Crippen molar-refractivity contribution in [1.29, 1.82) is 0 Å². The fraction of sp³-hybridized carbons (Fsp3) is 0.300. The predicted octanol–water partition coefficient (Wildman–Crippen LogP) is 5.38. The molecule has 0 saturated carbocycles. The number of nitrogens with zero attached hydrogens (tertiary/aromatic N) is 7. The van der Waals surface area contributed by atoms with E-state index in [2.05, 4.69) is 49.3 Å². The smallest absolute Gasteiger partial charge is 0.260 e. The van der Waals surface area contributed by atoms with E-state index in [4.69, 9.17) is 21.1 Å². The molecule has 0 bridgehead atoms. The second-order valence-electron chi connectivity index (χ2n) is 10.0. The van der Waals surface area contributed by atoms with Gasteiger partial charge in [0.05, 0.1) is 0 Å². The second kappa shape index (κ2) is 11.3. The van der Waals surface area contributed by atoms with Crippen LogP contribution in [0.1, 0.15) is 19.7 Å². The lowest BCUT2D eigenvalue weighted by Gasteiger charge is -2.35. The van der Waals surface area contributed by atoms with E-state index >= 15 is 0 Å². The maximum atomic E-state index is 13.6. The standard InChI is InChI=1S/C30H31ClN8O2/c1-4-37-12-14-38(15-13-37)23-9-7-22(8-10-23)34-30-32-18-21-16-25(29(40)39(5-2)28(21)35-30)24-11-6-20(17-26(24)31)27-33-19(3)41-36-27/h6-11,16-18H,4-5,12-15H2,1-3H3,(H,32,34,35). The molecule has 1 aliphatic heterocycles. The van der Waals surface area contributed by atoms with E-state index in [1.807, 2.05) is 25.1 Å². The molecule has 0 aliphatic carbocycles. The third-order valence-electron chi connectivity index (χ3n) is 7.50. The first-order valence-corrected chi connectivity index (χ1v) is 14.2. The fourth-order valence-corrected chi connectivity index (χ4v) is 5.48. The van der Waals surface area contributed by atoms with Crippen LogP contribution in [0, 0.1) is 6.92 Å². The summed E-state index contributed by atoms with van der Waals surface area (Å²) >= 11 is 6.65. The number of aromatic nitrogens is 5. The van der Waals surface area contributed by atoms with Crippen LogP contribution in [-0.4, -0.2) is 62.3 Å². The molecule has 4 heterocycles. The summed E-state index contributed by atoms with van der Waals surface area (Å²) < 4.78 is 6.72. The van der Waals surface area contributed by atoms with Crippen molar-refractivity contribution in [2.45, 2.75) is 27.3 Å². The third kappa shape index (κ3) is 5.40. The molecule has 210 valence electrons. The van der Waals surface area contributed by atoms with Crippen LogP contribution in [0.2, 0.25) is 5.02 Å². The zero-order valence-corrected chi connectivity index (χ0v) is 24.0. The van der Waals surface area contributed by atoms with Crippen molar-refractivity contribution in [3.8, 4) is 22.5 Å². The van der Waals surface area contributed by atoms with Crippen molar-refractivity contribution in [2.24, 2.45) is 0 Å². The van der Waals surface area contributed by atoms with Crippen molar-refractivity contribution in [3.63, 3.8) is 0 Å². The summed E-state index contributed by atoms with van der Waals surface area (Å²) in [6.07, 6.45) is 1.73. The van der Waals surface area contributed by atoms with Crippen LogP contribution < -0.4 is 15.8 Å². The number of benzene rings is 2. The Kier molecular flexibility index (Phi) is 7.42. The Bertz CT molecular complexity index is 1760. The van der Waals surface area contributed by atoms with Crippen LogP contribution in [0.4, 0.5) is 17.3 Å². The molecule has 0 spiro atoms. The van der Waals surface area contributed by atoms with Gasteiger partial charge in [0.15, 0.2) is 0 Å². The largest absolute Gasteiger partial charge is 0.369 e. The van der Waals surface area contributed by atoms with Crippen LogP contribution in [-0.2, 0) is 6.54 Å². The van der Waals surface area contributed by atoms with E-state index in [1.165, 1.54) is 5.69 Å². The Morgan fingerprint density at radius 1 is 0.951 bits per heavy atom. The Balaban J connectivity index is 1.26. The predicted molar refractivity (Wildman–Crippen MR) is 162 cm³/mol. The minimum absolute atomic E-state index is 0.178. The molecule has 0 atom stereocenters. The quantitative estimate of drug-likeness (QED) is 0.276. The molecular weight excluding hydrogens is 540 g/mol. The van der Waals surface area contributed by atoms with Crippen molar-refractivity contribution in [2.75, 3.05) is 42.9 Å². The molecule has 2 aromatic carbocycles. The van der Waals surface area contributed by atoms with Crippen LogP contribution in [0.25, 0.3) is 33.5 Å². The topological polar surface area (TPSA) is 105 Å². The van der Waals surface area contributed by atoms with Gasteiger partial charge in [0.1, 0.15) is 5.65 Å². The lowest BCUT2D eigenvalue weighted by molar-refractivity contribution is 0.271. The van der Waals surface area contributed by atoms with E-state index in [0.717, 1.165) is 43.8 Å². The number of hydrogen-bond donors (Lipinski definition) is 1. The van der Waals surface area contributed by atoms with Gasteiger partial charge in [-0.15, -0.1) is 0 Å². The first kappa shape index (κ1) is 26.9. The lowest BCUT2D eigenvalue weighted by Crippen LogP contribution is -2.46. The number of pyridine rings is 1. The number of piperazine rings is 1. The minimum atomic E-state index is -0.178. The SMILES string of the molecule is CCN1CCN(c2ccc(Nc3ncc4cc(-c5ccc(-c6noc(C)n6)cc5Cl)c(=O)n(CC)c4n3)cc2)CC1. The van der Waals surface area contributed by atoms with E-state index in [-0.39, 0.29) is 5.56 Å². The molecular formula is C30H31ClN8O2. The molecule has 10 nitrogen and oxygen atoms in total. The summed E-state index contributed by atoms with van der Waals surface area (Å²) in [6.45, 7) is 11.6. The summed E-state index contributed by atoms with van der Waals surface area (Å²) in [4.78, 5) is 32.0. The average Bonchev–Trinajstić information content (AvgIpc) is 3.44. The summed E-state index contributed by atoms with van der Waals surface area (Å²) in [5.74, 6) is 1.33. The molecule has 5 aromatic rings. The molecule has 3 aromatic heterocycles. The van der Waals surface area contributed by atoms with Crippen LogP contribution in [0.3, 0.4) is 0 Å². The number of fused-ring (bicyclic) bond motifs is 1. The molecule has 6 rings (SSSR count).